The summed E-state index contributed by atoms with van der Waals surface area (Å²) in [5.41, 5.74) is 4.71. The minimum absolute atomic E-state index is 0.371. The maximum atomic E-state index is 12.5. The van der Waals surface area contributed by atoms with Gasteiger partial charge in [0.05, 0.1) is 31.0 Å². The Hall–Kier alpha value is -3.52. The molecule has 0 spiro atoms. The van der Waals surface area contributed by atoms with Crippen LogP contribution in [0.4, 0.5) is 0 Å². The Morgan fingerprint density at radius 2 is 1.68 bits per heavy atom. The molecule has 0 radical (unpaired) electrons. The highest BCUT2D eigenvalue weighted by Crippen LogP contribution is 2.37. The molecule has 0 aliphatic heterocycles. The minimum Gasteiger partial charge on any atom is -0.493 e. The van der Waals surface area contributed by atoms with Crippen LogP contribution in [0.1, 0.15) is 35.3 Å². The summed E-state index contributed by atoms with van der Waals surface area (Å²) in [6.07, 6.45) is 1.54. The molecule has 0 heterocycles. The van der Waals surface area contributed by atoms with Gasteiger partial charge in [-0.15, -0.1) is 0 Å². The van der Waals surface area contributed by atoms with E-state index in [9.17, 15) is 4.79 Å². The Kier molecular flexibility index (Phi) is 9.34. The van der Waals surface area contributed by atoms with Gasteiger partial charge in [-0.1, -0.05) is 30.3 Å². The van der Waals surface area contributed by atoms with Crippen LogP contribution in [0.15, 0.2) is 70.2 Å². The van der Waals surface area contributed by atoms with Crippen LogP contribution < -0.4 is 24.4 Å². The van der Waals surface area contributed by atoms with Gasteiger partial charge >= 0.3 is 0 Å². The van der Waals surface area contributed by atoms with Crippen molar-refractivity contribution in [3.8, 4) is 23.0 Å². The van der Waals surface area contributed by atoms with Crippen LogP contribution in [0.25, 0.3) is 0 Å². The molecule has 0 bridgehead atoms. The SMILES string of the molecule is CCOc1ccc(C(=O)N/N=C/c2cc(Br)c(OCc3ccccc3)c(OCC)c2)cc1OC. The van der Waals surface area contributed by atoms with Crippen LogP contribution >= 0.6 is 15.9 Å². The van der Waals surface area contributed by atoms with E-state index < -0.39 is 0 Å². The Labute approximate surface area is 207 Å². The van der Waals surface area contributed by atoms with Crippen molar-refractivity contribution in [3.05, 3.63) is 81.8 Å². The molecule has 0 fully saturated rings. The zero-order valence-corrected chi connectivity index (χ0v) is 20.9. The number of halogens is 1. The largest absolute Gasteiger partial charge is 0.493 e. The first-order chi connectivity index (χ1) is 16.5. The predicted octanol–water partition coefficient (Wildman–Crippen LogP) is 5.60. The van der Waals surface area contributed by atoms with E-state index in [0.717, 1.165) is 15.6 Å². The summed E-state index contributed by atoms with van der Waals surface area (Å²) in [6, 6.07) is 18.5. The van der Waals surface area contributed by atoms with E-state index >= 15 is 0 Å². The molecule has 0 saturated heterocycles. The lowest BCUT2D eigenvalue weighted by atomic mass is 10.2. The molecule has 1 N–H and O–H groups in total. The van der Waals surface area contributed by atoms with Gasteiger partial charge in [-0.3, -0.25) is 4.79 Å². The van der Waals surface area contributed by atoms with Crippen LogP contribution in [-0.2, 0) is 6.61 Å². The third-order valence-corrected chi connectivity index (χ3v) is 5.25. The molecule has 1 amide bonds. The summed E-state index contributed by atoms with van der Waals surface area (Å²) in [6.45, 7) is 5.17. The highest BCUT2D eigenvalue weighted by molar-refractivity contribution is 9.10. The van der Waals surface area contributed by atoms with Crippen LogP contribution in [0.3, 0.4) is 0 Å². The summed E-state index contributed by atoms with van der Waals surface area (Å²) in [4.78, 5) is 12.5. The van der Waals surface area contributed by atoms with E-state index in [2.05, 4.69) is 26.5 Å². The Morgan fingerprint density at radius 1 is 0.941 bits per heavy atom. The first kappa shape index (κ1) is 25.1. The highest BCUT2D eigenvalue weighted by Gasteiger charge is 2.13. The van der Waals surface area contributed by atoms with Gasteiger partial charge in [0.2, 0.25) is 0 Å². The molecular weight excluding hydrogens is 500 g/mol. The van der Waals surface area contributed by atoms with E-state index in [0.29, 0.717) is 48.4 Å². The molecule has 0 aromatic heterocycles. The van der Waals surface area contributed by atoms with Crippen LogP contribution in [0, 0.1) is 0 Å². The van der Waals surface area contributed by atoms with Crippen molar-refractivity contribution >= 4 is 28.1 Å². The molecule has 7 nitrogen and oxygen atoms in total. The second-order valence-electron chi connectivity index (χ2n) is 7.04. The molecule has 0 atom stereocenters. The molecule has 0 unspecified atom stereocenters. The number of carbonyl (C=O) groups excluding carboxylic acids is 1. The van der Waals surface area contributed by atoms with Gasteiger partial charge in [0, 0.05) is 5.56 Å². The third-order valence-electron chi connectivity index (χ3n) is 4.66. The number of amides is 1. The van der Waals surface area contributed by atoms with Crippen molar-refractivity contribution in [1.29, 1.82) is 0 Å². The van der Waals surface area contributed by atoms with Gasteiger partial charge in [0.25, 0.3) is 5.91 Å². The van der Waals surface area contributed by atoms with Gasteiger partial charge in [-0.05, 0) is 71.2 Å². The lowest BCUT2D eigenvalue weighted by Crippen LogP contribution is -2.17. The fourth-order valence-corrected chi connectivity index (χ4v) is 3.68. The Bertz CT molecular complexity index is 1140. The van der Waals surface area contributed by atoms with Crippen molar-refractivity contribution in [3.63, 3.8) is 0 Å². The molecule has 3 aromatic rings. The van der Waals surface area contributed by atoms with Gasteiger partial charge in [-0.2, -0.15) is 5.10 Å². The second-order valence-corrected chi connectivity index (χ2v) is 7.89. The van der Waals surface area contributed by atoms with Crippen molar-refractivity contribution in [2.45, 2.75) is 20.5 Å². The summed E-state index contributed by atoms with van der Waals surface area (Å²) in [5.74, 6) is 1.87. The van der Waals surface area contributed by atoms with E-state index in [1.54, 1.807) is 18.2 Å². The van der Waals surface area contributed by atoms with Crippen molar-refractivity contribution in [1.82, 2.24) is 5.43 Å². The van der Waals surface area contributed by atoms with Crippen LogP contribution in [0.2, 0.25) is 0 Å². The zero-order valence-electron chi connectivity index (χ0n) is 19.3. The van der Waals surface area contributed by atoms with Crippen molar-refractivity contribution < 1.29 is 23.7 Å². The summed E-state index contributed by atoms with van der Waals surface area (Å²) >= 11 is 3.55. The minimum atomic E-state index is -0.371. The molecule has 8 heteroatoms. The molecule has 0 saturated carbocycles. The smallest absolute Gasteiger partial charge is 0.271 e. The standard InChI is InChI=1S/C26H27BrN2O5/c1-4-32-22-12-11-20(15-23(22)31-3)26(30)29-28-16-19-13-21(27)25(24(14-19)33-5-2)34-17-18-9-7-6-8-10-18/h6-16H,4-5,17H2,1-3H3,(H,29,30)/b28-16+. The average Bonchev–Trinajstić information content (AvgIpc) is 2.84. The third kappa shape index (κ3) is 6.74. The molecule has 3 rings (SSSR count). The quantitative estimate of drug-likeness (QED) is 0.260. The highest BCUT2D eigenvalue weighted by atomic mass is 79.9. The lowest BCUT2D eigenvalue weighted by molar-refractivity contribution is 0.0954. The second kappa shape index (κ2) is 12.6. The average molecular weight is 527 g/mol. The van der Waals surface area contributed by atoms with Crippen molar-refractivity contribution in [2.75, 3.05) is 20.3 Å². The number of methoxy groups -OCH3 is 1. The number of ether oxygens (including phenoxy) is 4. The first-order valence-corrected chi connectivity index (χ1v) is 11.6. The summed E-state index contributed by atoms with van der Waals surface area (Å²) < 4.78 is 23.3. The maximum absolute atomic E-state index is 12.5. The Morgan fingerprint density at radius 3 is 2.38 bits per heavy atom. The van der Waals surface area contributed by atoms with Gasteiger partial charge in [-0.25, -0.2) is 5.43 Å². The van der Waals surface area contributed by atoms with E-state index in [-0.39, 0.29) is 5.91 Å². The fourth-order valence-electron chi connectivity index (χ4n) is 3.11. The monoisotopic (exact) mass is 526 g/mol. The van der Waals surface area contributed by atoms with Crippen LogP contribution in [0.5, 0.6) is 23.0 Å². The number of rotatable bonds is 11. The zero-order chi connectivity index (χ0) is 24.3. The maximum Gasteiger partial charge on any atom is 0.271 e. The number of hydrogen-bond donors (Lipinski definition) is 1. The summed E-state index contributed by atoms with van der Waals surface area (Å²) in [5, 5.41) is 4.08. The molecule has 178 valence electrons. The number of hydrogen-bond acceptors (Lipinski definition) is 6. The topological polar surface area (TPSA) is 78.4 Å². The van der Waals surface area contributed by atoms with Crippen LogP contribution in [-0.4, -0.2) is 32.4 Å². The fraction of sp³-hybridized carbons (Fsp3) is 0.231. The van der Waals surface area contributed by atoms with E-state index in [1.165, 1.54) is 13.3 Å². The van der Waals surface area contributed by atoms with E-state index in [1.807, 2.05) is 56.3 Å². The first-order valence-electron chi connectivity index (χ1n) is 10.8. The summed E-state index contributed by atoms with van der Waals surface area (Å²) in [7, 11) is 1.53. The lowest BCUT2D eigenvalue weighted by Gasteiger charge is -2.14. The predicted molar refractivity (Wildman–Crippen MR) is 135 cm³/mol. The van der Waals surface area contributed by atoms with E-state index in [4.69, 9.17) is 18.9 Å². The molecule has 0 aliphatic rings. The van der Waals surface area contributed by atoms with Crippen molar-refractivity contribution in [2.24, 2.45) is 5.10 Å². The molecule has 0 aliphatic carbocycles. The number of nitrogens with zero attached hydrogens (tertiary/aromatic N) is 1. The number of carbonyl (C=O) groups is 1. The Balaban J connectivity index is 1.71. The molecule has 3 aromatic carbocycles. The number of hydrazone groups is 1. The number of benzene rings is 3. The van der Waals surface area contributed by atoms with Gasteiger partial charge in [0.1, 0.15) is 6.61 Å². The normalized spacial score (nSPS) is 10.7. The molecular formula is C26H27BrN2O5. The number of nitrogens with one attached hydrogen (secondary N) is 1. The van der Waals surface area contributed by atoms with Gasteiger partial charge < -0.3 is 18.9 Å². The molecule has 34 heavy (non-hydrogen) atoms. The van der Waals surface area contributed by atoms with Gasteiger partial charge in [0.15, 0.2) is 23.0 Å².